The van der Waals surface area contributed by atoms with Gasteiger partial charge in [0.1, 0.15) is 5.37 Å². The topological polar surface area (TPSA) is 54.5 Å². The van der Waals surface area contributed by atoms with Gasteiger partial charge >= 0.3 is 0 Å². The summed E-state index contributed by atoms with van der Waals surface area (Å²) in [6, 6.07) is 10.1. The van der Waals surface area contributed by atoms with E-state index < -0.39 is 15.2 Å². The molecule has 122 valence electrons. The highest BCUT2D eigenvalue weighted by molar-refractivity contribution is 8.00. The number of nitrogens with zero attached hydrogens (tertiary/aromatic N) is 1. The smallest absolute Gasteiger partial charge is 0.223 e. The first kappa shape index (κ1) is 17.3. The minimum atomic E-state index is -3.23. The van der Waals surface area contributed by atoms with Crippen LogP contribution < -0.4 is 0 Å². The zero-order valence-electron chi connectivity index (χ0n) is 13.1. The van der Waals surface area contributed by atoms with Gasteiger partial charge in [0.05, 0.1) is 0 Å². The quantitative estimate of drug-likeness (QED) is 0.826. The van der Waals surface area contributed by atoms with Gasteiger partial charge in [-0.15, -0.1) is 0 Å². The van der Waals surface area contributed by atoms with E-state index in [0.29, 0.717) is 24.6 Å². The summed E-state index contributed by atoms with van der Waals surface area (Å²) >= 11 is 1.60. The average Bonchev–Trinajstić information content (AvgIpc) is 2.52. The van der Waals surface area contributed by atoms with Crippen molar-refractivity contribution in [3.63, 3.8) is 0 Å². The molecule has 1 fully saturated rings. The van der Waals surface area contributed by atoms with Crippen molar-refractivity contribution in [1.82, 2.24) is 4.90 Å². The second-order valence-corrected chi connectivity index (χ2v) is 9.15. The van der Waals surface area contributed by atoms with Crippen LogP contribution in [0, 0.1) is 0 Å². The number of carbonyl (C=O) groups is 1. The molecule has 0 spiro atoms. The van der Waals surface area contributed by atoms with E-state index in [4.69, 9.17) is 0 Å². The molecule has 2 atom stereocenters. The molecule has 0 aromatic heterocycles. The Balaban J connectivity index is 1.96. The maximum absolute atomic E-state index is 12.4. The lowest BCUT2D eigenvalue weighted by molar-refractivity contribution is -0.131. The molecule has 1 saturated heterocycles. The van der Waals surface area contributed by atoms with Gasteiger partial charge in [-0.25, -0.2) is 8.42 Å². The molecule has 0 N–H and O–H groups in total. The van der Waals surface area contributed by atoms with E-state index in [1.54, 1.807) is 16.7 Å². The first-order valence-electron chi connectivity index (χ1n) is 7.50. The molecule has 1 heterocycles. The van der Waals surface area contributed by atoms with Gasteiger partial charge in [-0.3, -0.25) is 4.79 Å². The molecular formula is C16H23NO3S2. The number of rotatable bonds is 5. The van der Waals surface area contributed by atoms with E-state index in [2.05, 4.69) is 19.1 Å². The fourth-order valence-electron chi connectivity index (χ4n) is 2.65. The van der Waals surface area contributed by atoms with Crippen LogP contribution in [-0.2, 0) is 14.6 Å². The van der Waals surface area contributed by atoms with Crippen molar-refractivity contribution < 1.29 is 13.2 Å². The van der Waals surface area contributed by atoms with Crippen LogP contribution in [0.4, 0.5) is 0 Å². The van der Waals surface area contributed by atoms with Crippen LogP contribution in [0.5, 0.6) is 0 Å². The molecule has 22 heavy (non-hydrogen) atoms. The Labute approximate surface area is 137 Å². The number of thioether (sulfide) groups is 1. The fourth-order valence-corrected chi connectivity index (χ4v) is 5.49. The molecule has 2 rings (SSSR count). The normalized spacial score (nSPS) is 20.6. The first-order valence-corrected chi connectivity index (χ1v) is 10.6. The molecule has 1 aromatic rings. The maximum Gasteiger partial charge on any atom is 0.223 e. The Bertz CT molecular complexity index is 601. The predicted octanol–water partition coefficient (Wildman–Crippen LogP) is 2.52. The minimum absolute atomic E-state index is 0.0430. The standard InChI is InChI=1S/C16H23NO3S2/c1-13(14-6-4-3-5-7-14)8-9-15(18)17-10-11-21-12-16(17)22(2,19)20/h3-7,13,16H,8-12H2,1-2H3/t13-,16-/m0/s1. The van der Waals surface area contributed by atoms with E-state index in [1.807, 2.05) is 18.2 Å². The zero-order chi connectivity index (χ0) is 16.2. The molecule has 0 unspecified atom stereocenters. The average molecular weight is 341 g/mol. The van der Waals surface area contributed by atoms with Crippen molar-refractivity contribution in [2.24, 2.45) is 0 Å². The third-order valence-electron chi connectivity index (χ3n) is 4.06. The van der Waals surface area contributed by atoms with E-state index in [-0.39, 0.29) is 5.91 Å². The van der Waals surface area contributed by atoms with Gasteiger partial charge in [0.2, 0.25) is 5.91 Å². The Kier molecular flexibility index (Phi) is 5.92. The lowest BCUT2D eigenvalue weighted by atomic mass is 9.96. The van der Waals surface area contributed by atoms with E-state index >= 15 is 0 Å². The maximum atomic E-state index is 12.4. The molecule has 0 bridgehead atoms. The second-order valence-electron chi connectivity index (χ2n) is 5.80. The van der Waals surface area contributed by atoms with Crippen molar-refractivity contribution >= 4 is 27.5 Å². The van der Waals surface area contributed by atoms with Gasteiger partial charge in [0.15, 0.2) is 9.84 Å². The van der Waals surface area contributed by atoms with Gasteiger partial charge < -0.3 is 4.90 Å². The number of carbonyl (C=O) groups excluding carboxylic acids is 1. The molecule has 1 aliphatic rings. The van der Waals surface area contributed by atoms with Gasteiger partial charge in [-0.05, 0) is 17.9 Å². The molecular weight excluding hydrogens is 318 g/mol. The molecule has 6 heteroatoms. The van der Waals surface area contributed by atoms with Crippen LogP contribution in [-0.4, -0.2) is 48.9 Å². The number of hydrogen-bond donors (Lipinski definition) is 0. The third kappa shape index (κ3) is 4.49. The Morgan fingerprint density at radius 1 is 1.36 bits per heavy atom. The zero-order valence-corrected chi connectivity index (χ0v) is 14.7. The van der Waals surface area contributed by atoms with Crippen molar-refractivity contribution in [3.8, 4) is 0 Å². The number of amides is 1. The minimum Gasteiger partial charge on any atom is -0.324 e. The van der Waals surface area contributed by atoms with Crippen LogP contribution in [0.15, 0.2) is 30.3 Å². The van der Waals surface area contributed by atoms with Gasteiger partial charge in [0, 0.05) is 30.7 Å². The molecule has 4 nitrogen and oxygen atoms in total. The van der Waals surface area contributed by atoms with E-state index in [9.17, 15) is 13.2 Å². The summed E-state index contributed by atoms with van der Waals surface area (Å²) in [6.45, 7) is 2.63. The number of benzene rings is 1. The Hall–Kier alpha value is -1.01. The van der Waals surface area contributed by atoms with Gasteiger partial charge in [0.25, 0.3) is 0 Å². The first-order chi connectivity index (χ1) is 10.4. The van der Waals surface area contributed by atoms with E-state index in [0.717, 1.165) is 12.2 Å². The fraction of sp³-hybridized carbons (Fsp3) is 0.562. The predicted molar refractivity (Wildman–Crippen MR) is 91.8 cm³/mol. The molecule has 1 aromatic carbocycles. The van der Waals surface area contributed by atoms with Crippen LogP contribution in [0.2, 0.25) is 0 Å². The second kappa shape index (κ2) is 7.51. The summed E-state index contributed by atoms with van der Waals surface area (Å²) in [7, 11) is -3.23. The van der Waals surface area contributed by atoms with Crippen LogP contribution in [0.25, 0.3) is 0 Å². The van der Waals surface area contributed by atoms with Gasteiger partial charge in [-0.2, -0.15) is 11.8 Å². The summed E-state index contributed by atoms with van der Waals surface area (Å²) in [5, 5.41) is -0.661. The largest absolute Gasteiger partial charge is 0.324 e. The Morgan fingerprint density at radius 3 is 2.68 bits per heavy atom. The third-order valence-corrected chi connectivity index (χ3v) is 6.70. The number of hydrogen-bond acceptors (Lipinski definition) is 4. The molecule has 0 aliphatic carbocycles. The Morgan fingerprint density at radius 2 is 2.05 bits per heavy atom. The monoisotopic (exact) mass is 341 g/mol. The highest BCUT2D eigenvalue weighted by Crippen LogP contribution is 2.24. The highest BCUT2D eigenvalue weighted by Gasteiger charge is 2.33. The van der Waals surface area contributed by atoms with Crippen molar-refractivity contribution in [3.05, 3.63) is 35.9 Å². The van der Waals surface area contributed by atoms with Crippen molar-refractivity contribution in [1.29, 1.82) is 0 Å². The van der Waals surface area contributed by atoms with Gasteiger partial charge in [-0.1, -0.05) is 37.3 Å². The SMILES string of the molecule is C[C@@H](CCC(=O)N1CCSC[C@@H]1S(C)(=O)=O)c1ccccc1. The lowest BCUT2D eigenvalue weighted by Gasteiger charge is -2.34. The van der Waals surface area contributed by atoms with Crippen LogP contribution >= 0.6 is 11.8 Å². The summed E-state index contributed by atoms with van der Waals surface area (Å²) in [5.41, 5.74) is 1.21. The number of sulfone groups is 1. The van der Waals surface area contributed by atoms with Crippen molar-refractivity contribution in [2.45, 2.75) is 31.1 Å². The molecule has 0 radical (unpaired) electrons. The van der Waals surface area contributed by atoms with Crippen molar-refractivity contribution in [2.75, 3.05) is 24.3 Å². The molecule has 1 amide bonds. The summed E-state index contributed by atoms with van der Waals surface area (Å²) in [6.07, 6.45) is 2.35. The summed E-state index contributed by atoms with van der Waals surface area (Å²) in [5.74, 6) is 1.55. The van der Waals surface area contributed by atoms with Crippen LogP contribution in [0.3, 0.4) is 0 Å². The summed E-state index contributed by atoms with van der Waals surface area (Å²) < 4.78 is 23.7. The molecule has 1 aliphatic heterocycles. The lowest BCUT2D eigenvalue weighted by Crippen LogP contribution is -2.49. The van der Waals surface area contributed by atoms with Crippen LogP contribution in [0.1, 0.15) is 31.2 Å². The highest BCUT2D eigenvalue weighted by atomic mass is 32.2. The summed E-state index contributed by atoms with van der Waals surface area (Å²) in [4.78, 5) is 14.0. The molecule has 0 saturated carbocycles. The van der Waals surface area contributed by atoms with E-state index in [1.165, 1.54) is 11.8 Å².